The number of ketones is 1. The first kappa shape index (κ1) is 23.7. The fourth-order valence-electron chi connectivity index (χ4n) is 4.72. The highest BCUT2D eigenvalue weighted by molar-refractivity contribution is 5.89. The Bertz CT molecular complexity index is 1070. The minimum atomic E-state index is -0.659. The van der Waals surface area contributed by atoms with E-state index in [4.69, 9.17) is 4.74 Å². The molecule has 3 rings (SSSR count). The summed E-state index contributed by atoms with van der Waals surface area (Å²) in [6.45, 7) is 7.61. The normalized spacial score (nSPS) is 20.4. The maximum atomic E-state index is 12.3. The molecule has 0 spiro atoms. The first-order valence-corrected chi connectivity index (χ1v) is 11.2. The van der Waals surface area contributed by atoms with Gasteiger partial charge in [-0.25, -0.2) is 4.79 Å². The van der Waals surface area contributed by atoms with Crippen LogP contribution in [-0.4, -0.2) is 29.6 Å². The van der Waals surface area contributed by atoms with E-state index in [2.05, 4.69) is 6.07 Å². The number of fused-ring (bicyclic) bond motifs is 1. The van der Waals surface area contributed by atoms with Gasteiger partial charge in [-0.3, -0.25) is 4.79 Å². The summed E-state index contributed by atoms with van der Waals surface area (Å²) in [5.41, 5.74) is 6.21. The highest BCUT2D eigenvalue weighted by atomic mass is 16.5. The van der Waals surface area contributed by atoms with Crippen LogP contribution in [0.25, 0.3) is 0 Å². The van der Waals surface area contributed by atoms with Crippen molar-refractivity contribution in [3.8, 4) is 6.07 Å². The zero-order chi connectivity index (χ0) is 23.4. The Hall–Kier alpha value is -2.97. The largest absolute Gasteiger partial charge is 0.462 e. The van der Waals surface area contributed by atoms with Gasteiger partial charge in [-0.1, -0.05) is 12.1 Å². The third kappa shape index (κ3) is 5.08. The first-order valence-electron chi connectivity index (χ1n) is 11.2. The summed E-state index contributed by atoms with van der Waals surface area (Å²) in [5, 5.41) is 20.6. The van der Waals surface area contributed by atoms with Crippen molar-refractivity contribution in [1.29, 1.82) is 5.26 Å². The second-order valence-corrected chi connectivity index (χ2v) is 8.83. The topological polar surface area (TPSA) is 87.4 Å². The van der Waals surface area contributed by atoms with Crippen LogP contribution in [0.15, 0.2) is 30.3 Å². The van der Waals surface area contributed by atoms with Gasteiger partial charge in [0.05, 0.1) is 29.9 Å². The average molecular weight is 434 g/mol. The zero-order valence-corrected chi connectivity index (χ0v) is 19.3. The summed E-state index contributed by atoms with van der Waals surface area (Å²) in [4.78, 5) is 24.6. The molecule has 2 aromatic carbocycles. The molecule has 0 saturated carbocycles. The number of rotatable bonds is 5. The van der Waals surface area contributed by atoms with Crippen LogP contribution in [0.4, 0.5) is 0 Å². The number of carbonyl (C=O) groups is 2. The highest BCUT2D eigenvalue weighted by Gasteiger charge is 2.31. The van der Waals surface area contributed by atoms with Crippen LogP contribution < -0.4 is 0 Å². The number of carbonyl (C=O) groups excluding carboxylic acids is 2. The number of nitrogens with zero attached hydrogens (tertiary/aromatic N) is 1. The van der Waals surface area contributed by atoms with E-state index in [1.807, 2.05) is 38.1 Å². The molecule has 1 aliphatic rings. The van der Waals surface area contributed by atoms with E-state index in [0.29, 0.717) is 43.4 Å². The minimum absolute atomic E-state index is 0.0592. The molecule has 5 nitrogen and oxygen atoms in total. The van der Waals surface area contributed by atoms with Crippen molar-refractivity contribution in [3.05, 3.63) is 69.3 Å². The molecule has 32 heavy (non-hydrogen) atoms. The van der Waals surface area contributed by atoms with E-state index in [1.165, 1.54) is 0 Å². The van der Waals surface area contributed by atoms with Crippen molar-refractivity contribution in [1.82, 2.24) is 0 Å². The number of hydrogen-bond donors (Lipinski definition) is 1. The predicted octanol–water partition coefficient (Wildman–Crippen LogP) is 4.27. The Labute approximate surface area is 190 Å². The minimum Gasteiger partial charge on any atom is -0.462 e. The Kier molecular flexibility index (Phi) is 7.48. The number of benzene rings is 2. The second kappa shape index (κ2) is 10.1. The number of Topliss-reactive ketones (excluding diaryl/α,β-unsaturated/α-hetero) is 1. The number of hydrogen-bond acceptors (Lipinski definition) is 5. The molecule has 1 aliphatic carbocycles. The average Bonchev–Trinajstić information content (AvgIpc) is 2.75. The summed E-state index contributed by atoms with van der Waals surface area (Å²) >= 11 is 0. The lowest BCUT2D eigenvalue weighted by molar-refractivity contribution is -0.122. The lowest BCUT2D eigenvalue weighted by Gasteiger charge is -2.31. The van der Waals surface area contributed by atoms with Crippen molar-refractivity contribution in [2.45, 2.75) is 59.5 Å². The van der Waals surface area contributed by atoms with Crippen molar-refractivity contribution in [2.24, 2.45) is 11.8 Å². The number of nitriles is 1. The second-order valence-electron chi connectivity index (χ2n) is 8.83. The number of aliphatic hydroxyl groups excluding tert-OH is 1. The Morgan fingerprint density at radius 3 is 2.56 bits per heavy atom. The molecule has 3 atom stereocenters. The van der Waals surface area contributed by atoms with Crippen LogP contribution >= 0.6 is 0 Å². The van der Waals surface area contributed by atoms with Gasteiger partial charge in [-0.2, -0.15) is 5.26 Å². The van der Waals surface area contributed by atoms with Crippen LogP contribution in [0, 0.1) is 37.0 Å². The number of ether oxygens (including phenoxy) is 1. The van der Waals surface area contributed by atoms with E-state index in [0.717, 1.165) is 27.8 Å². The Morgan fingerprint density at radius 1 is 1.16 bits per heavy atom. The van der Waals surface area contributed by atoms with Crippen molar-refractivity contribution in [2.75, 3.05) is 6.61 Å². The van der Waals surface area contributed by atoms with Crippen LogP contribution in [0.1, 0.15) is 64.0 Å². The van der Waals surface area contributed by atoms with Crippen molar-refractivity contribution >= 4 is 11.8 Å². The monoisotopic (exact) mass is 433 g/mol. The molecule has 0 aromatic heterocycles. The fraction of sp³-hybridized carbons (Fsp3) is 0.444. The molecule has 0 fully saturated rings. The third-order valence-corrected chi connectivity index (χ3v) is 6.73. The van der Waals surface area contributed by atoms with E-state index < -0.39 is 6.10 Å². The standard InChI is InChI=1S/C27H31NO4/c1-5-32-27(31)20-9-8-19-10-22(18(4)29)14-26(30)24(12-23(19)11-20)13-25-16(2)6-7-21(15-28)17(25)3/h6-9,11,22,24,26,30H,5,10,12-14H2,1-4H3. The van der Waals surface area contributed by atoms with Gasteiger partial charge in [0.2, 0.25) is 0 Å². The van der Waals surface area contributed by atoms with E-state index in [9.17, 15) is 20.0 Å². The number of esters is 1. The summed E-state index contributed by atoms with van der Waals surface area (Å²) in [7, 11) is 0. The molecule has 1 N–H and O–H groups in total. The van der Waals surface area contributed by atoms with Gasteiger partial charge in [0, 0.05) is 5.92 Å². The summed E-state index contributed by atoms with van der Waals surface area (Å²) in [6, 6.07) is 11.5. The van der Waals surface area contributed by atoms with Crippen LogP contribution in [0.3, 0.4) is 0 Å². The SMILES string of the molecule is CCOC(=O)c1ccc2c(c1)CC(Cc1c(C)ccc(C#N)c1C)C(O)CC(C(C)=O)C2. The molecular weight excluding hydrogens is 402 g/mol. The molecular formula is C27H31NO4. The molecule has 0 aliphatic heterocycles. The van der Waals surface area contributed by atoms with Gasteiger partial charge < -0.3 is 9.84 Å². The molecule has 0 saturated heterocycles. The fourth-order valence-corrected chi connectivity index (χ4v) is 4.72. The van der Waals surface area contributed by atoms with Gasteiger partial charge in [-0.05, 0) is 105 Å². The maximum absolute atomic E-state index is 12.3. The van der Waals surface area contributed by atoms with Crippen molar-refractivity contribution < 1.29 is 19.4 Å². The Morgan fingerprint density at radius 2 is 1.91 bits per heavy atom. The van der Waals surface area contributed by atoms with Gasteiger partial charge in [0.1, 0.15) is 5.78 Å². The van der Waals surface area contributed by atoms with Gasteiger partial charge >= 0.3 is 5.97 Å². The predicted molar refractivity (Wildman–Crippen MR) is 122 cm³/mol. The van der Waals surface area contributed by atoms with Crippen LogP contribution in [0.5, 0.6) is 0 Å². The molecule has 0 heterocycles. The first-order chi connectivity index (χ1) is 15.2. The maximum Gasteiger partial charge on any atom is 0.338 e. The third-order valence-electron chi connectivity index (χ3n) is 6.73. The smallest absolute Gasteiger partial charge is 0.338 e. The lowest BCUT2D eigenvalue weighted by atomic mass is 9.76. The molecule has 2 aromatic rings. The molecule has 0 radical (unpaired) electrons. The van der Waals surface area contributed by atoms with E-state index in [-0.39, 0.29) is 23.6 Å². The summed E-state index contributed by atoms with van der Waals surface area (Å²) in [6.07, 6.45) is 1.49. The molecule has 168 valence electrons. The number of aliphatic hydroxyl groups is 1. The van der Waals surface area contributed by atoms with Gasteiger partial charge in [0.15, 0.2) is 0 Å². The molecule has 0 amide bonds. The lowest BCUT2D eigenvalue weighted by Crippen LogP contribution is -2.33. The number of aryl methyl sites for hydroxylation is 1. The van der Waals surface area contributed by atoms with Gasteiger partial charge in [0.25, 0.3) is 0 Å². The van der Waals surface area contributed by atoms with Crippen molar-refractivity contribution in [3.63, 3.8) is 0 Å². The van der Waals surface area contributed by atoms with Crippen LogP contribution in [0.2, 0.25) is 0 Å². The van der Waals surface area contributed by atoms with Gasteiger partial charge in [-0.15, -0.1) is 0 Å². The van der Waals surface area contributed by atoms with E-state index >= 15 is 0 Å². The van der Waals surface area contributed by atoms with Crippen LogP contribution in [-0.2, 0) is 28.8 Å². The summed E-state index contributed by atoms with van der Waals surface area (Å²) in [5.74, 6) is -0.720. The summed E-state index contributed by atoms with van der Waals surface area (Å²) < 4.78 is 5.16. The quantitative estimate of drug-likeness (QED) is 0.712. The van der Waals surface area contributed by atoms with E-state index in [1.54, 1.807) is 19.9 Å². The zero-order valence-electron chi connectivity index (χ0n) is 19.3. The Balaban J connectivity index is 2.03. The molecule has 0 bridgehead atoms. The highest BCUT2D eigenvalue weighted by Crippen LogP contribution is 2.32. The molecule has 5 heteroatoms. The molecule has 3 unspecified atom stereocenters.